The summed E-state index contributed by atoms with van der Waals surface area (Å²) < 4.78 is 24.3. The Morgan fingerprint density at radius 3 is 2.38 bits per heavy atom. The van der Waals surface area contributed by atoms with Gasteiger partial charge in [-0.25, -0.2) is 13.4 Å². The molecule has 2 heterocycles. The lowest BCUT2D eigenvalue weighted by Crippen LogP contribution is -2.06. The molecule has 0 unspecified atom stereocenters. The third-order valence-electron chi connectivity index (χ3n) is 3.99. The highest BCUT2D eigenvalue weighted by Crippen LogP contribution is 2.37. The average molecular weight is 400 g/mol. The molecule has 0 amide bonds. The molecule has 0 saturated carbocycles. The van der Waals surface area contributed by atoms with E-state index >= 15 is 0 Å². The standard InChI is InChI=1S/C19H13NO3S3/c1-26(22,23)13-8-6-12(7-9-13)18-16(19-20-10-11-24-19)17(21)14-4-2-3-5-15(14)25-18/h2-11H,1H3. The smallest absolute Gasteiger partial charge is 0.198 e. The van der Waals surface area contributed by atoms with E-state index in [2.05, 4.69) is 4.98 Å². The van der Waals surface area contributed by atoms with Gasteiger partial charge in [-0.15, -0.1) is 22.7 Å². The molecular weight excluding hydrogens is 386 g/mol. The number of rotatable bonds is 3. The Kier molecular flexibility index (Phi) is 4.22. The van der Waals surface area contributed by atoms with Crippen LogP contribution in [0.1, 0.15) is 0 Å². The van der Waals surface area contributed by atoms with Crippen LogP contribution in [0.5, 0.6) is 0 Å². The van der Waals surface area contributed by atoms with Gasteiger partial charge in [0, 0.05) is 32.8 Å². The Balaban J connectivity index is 2.03. The highest BCUT2D eigenvalue weighted by atomic mass is 32.2. The number of sulfone groups is 1. The molecule has 0 fully saturated rings. The van der Waals surface area contributed by atoms with Crippen LogP contribution in [-0.4, -0.2) is 19.7 Å². The van der Waals surface area contributed by atoms with Crippen molar-refractivity contribution in [3.63, 3.8) is 0 Å². The minimum absolute atomic E-state index is 0.0588. The van der Waals surface area contributed by atoms with Crippen molar-refractivity contribution in [1.82, 2.24) is 4.98 Å². The van der Waals surface area contributed by atoms with E-state index in [9.17, 15) is 13.2 Å². The second-order valence-corrected chi connectivity index (χ2v) is 9.73. The van der Waals surface area contributed by atoms with Crippen LogP contribution in [-0.2, 0) is 9.84 Å². The lowest BCUT2D eigenvalue weighted by Gasteiger charge is -2.09. The highest BCUT2D eigenvalue weighted by Gasteiger charge is 2.18. The second kappa shape index (κ2) is 6.42. The summed E-state index contributed by atoms with van der Waals surface area (Å²) in [6.07, 6.45) is 2.85. The van der Waals surface area contributed by atoms with E-state index in [1.54, 1.807) is 30.5 Å². The number of hydrogen-bond donors (Lipinski definition) is 0. The fraction of sp³-hybridized carbons (Fsp3) is 0.0526. The molecule has 0 aliphatic rings. The first-order valence-electron chi connectivity index (χ1n) is 7.71. The molecule has 0 N–H and O–H groups in total. The first-order chi connectivity index (χ1) is 12.4. The van der Waals surface area contributed by atoms with Crippen LogP contribution < -0.4 is 5.43 Å². The number of aromatic nitrogens is 1. The van der Waals surface area contributed by atoms with Gasteiger partial charge in [0.2, 0.25) is 0 Å². The van der Waals surface area contributed by atoms with E-state index < -0.39 is 9.84 Å². The van der Waals surface area contributed by atoms with Gasteiger partial charge in [-0.1, -0.05) is 24.3 Å². The van der Waals surface area contributed by atoms with Gasteiger partial charge in [-0.2, -0.15) is 0 Å². The Bertz CT molecular complexity index is 1260. The van der Waals surface area contributed by atoms with Crippen LogP contribution in [0.2, 0.25) is 0 Å². The maximum Gasteiger partial charge on any atom is 0.198 e. The Hall–Kier alpha value is -2.35. The summed E-state index contributed by atoms with van der Waals surface area (Å²) in [6, 6.07) is 14.1. The van der Waals surface area contributed by atoms with Gasteiger partial charge in [-0.3, -0.25) is 4.79 Å². The summed E-state index contributed by atoms with van der Waals surface area (Å²) in [7, 11) is -3.27. The molecule has 0 saturated heterocycles. The molecule has 4 aromatic rings. The van der Waals surface area contributed by atoms with Gasteiger partial charge in [-0.05, 0) is 29.8 Å². The zero-order valence-electron chi connectivity index (χ0n) is 13.7. The zero-order valence-corrected chi connectivity index (χ0v) is 16.1. The molecule has 130 valence electrons. The van der Waals surface area contributed by atoms with Gasteiger partial charge in [0.1, 0.15) is 5.01 Å². The van der Waals surface area contributed by atoms with Crippen molar-refractivity contribution in [2.45, 2.75) is 4.90 Å². The maximum atomic E-state index is 13.1. The lowest BCUT2D eigenvalue weighted by atomic mass is 10.1. The third-order valence-corrected chi connectivity index (χ3v) is 7.13. The second-order valence-electron chi connectivity index (χ2n) is 5.77. The summed E-state index contributed by atoms with van der Waals surface area (Å²) in [4.78, 5) is 18.5. The normalized spacial score (nSPS) is 11.7. The van der Waals surface area contributed by atoms with Crippen LogP contribution in [0.3, 0.4) is 0 Å². The summed E-state index contributed by atoms with van der Waals surface area (Å²) in [5, 5.41) is 3.17. The zero-order chi connectivity index (χ0) is 18.3. The molecular formula is C19H13NO3S3. The minimum Gasteiger partial charge on any atom is -0.288 e. The fourth-order valence-corrected chi connectivity index (χ4v) is 5.30. The first kappa shape index (κ1) is 17.1. The average Bonchev–Trinajstić information content (AvgIpc) is 3.15. The van der Waals surface area contributed by atoms with Crippen molar-refractivity contribution in [3.05, 3.63) is 70.3 Å². The summed E-state index contributed by atoms with van der Waals surface area (Å²) in [6.45, 7) is 0. The van der Waals surface area contributed by atoms with E-state index in [-0.39, 0.29) is 10.3 Å². The van der Waals surface area contributed by atoms with Crippen molar-refractivity contribution in [1.29, 1.82) is 0 Å². The Morgan fingerprint density at radius 2 is 1.73 bits per heavy atom. The van der Waals surface area contributed by atoms with E-state index in [1.807, 2.05) is 29.6 Å². The molecule has 0 aliphatic carbocycles. The van der Waals surface area contributed by atoms with Crippen LogP contribution in [0.25, 0.3) is 31.1 Å². The molecule has 0 atom stereocenters. The SMILES string of the molecule is CS(=O)(=O)c1ccc(-c2sc3ccccc3c(=O)c2-c2nccs2)cc1. The number of benzene rings is 2. The predicted octanol–water partition coefficient (Wildman–Crippen LogP) is 4.46. The fourth-order valence-electron chi connectivity index (χ4n) is 2.74. The number of fused-ring (bicyclic) bond motifs is 1. The predicted molar refractivity (Wildman–Crippen MR) is 108 cm³/mol. The van der Waals surface area contributed by atoms with Crippen molar-refractivity contribution in [3.8, 4) is 21.0 Å². The van der Waals surface area contributed by atoms with E-state index in [0.29, 0.717) is 16.0 Å². The monoisotopic (exact) mass is 399 g/mol. The first-order valence-corrected chi connectivity index (χ1v) is 11.3. The molecule has 0 radical (unpaired) electrons. The van der Waals surface area contributed by atoms with Crippen LogP contribution >= 0.6 is 22.7 Å². The third kappa shape index (κ3) is 2.98. The maximum absolute atomic E-state index is 13.1. The lowest BCUT2D eigenvalue weighted by molar-refractivity contribution is 0.602. The molecule has 0 aliphatic heterocycles. The molecule has 4 rings (SSSR count). The van der Waals surface area contributed by atoms with Gasteiger partial charge in [0.05, 0.1) is 10.5 Å². The van der Waals surface area contributed by atoms with E-state index in [4.69, 9.17) is 0 Å². The summed E-state index contributed by atoms with van der Waals surface area (Å²) >= 11 is 2.92. The summed E-state index contributed by atoms with van der Waals surface area (Å²) in [5.41, 5.74) is 1.31. The number of thiazole rings is 1. The Labute approximate surface area is 158 Å². The van der Waals surface area contributed by atoms with E-state index in [1.165, 1.54) is 28.9 Å². The van der Waals surface area contributed by atoms with Crippen molar-refractivity contribution < 1.29 is 8.42 Å². The van der Waals surface area contributed by atoms with Crippen LogP contribution in [0.15, 0.2) is 69.8 Å². The molecule has 7 heteroatoms. The molecule has 2 aromatic carbocycles. The van der Waals surface area contributed by atoms with E-state index in [0.717, 1.165) is 15.1 Å². The molecule has 0 spiro atoms. The van der Waals surface area contributed by atoms with Crippen molar-refractivity contribution in [2.75, 3.05) is 6.26 Å². The van der Waals surface area contributed by atoms with Crippen LogP contribution in [0, 0.1) is 0 Å². The van der Waals surface area contributed by atoms with Crippen molar-refractivity contribution >= 4 is 42.6 Å². The molecule has 2 aromatic heterocycles. The molecule has 26 heavy (non-hydrogen) atoms. The minimum atomic E-state index is -3.27. The van der Waals surface area contributed by atoms with Gasteiger partial charge in [0.15, 0.2) is 15.3 Å². The molecule has 0 bridgehead atoms. The highest BCUT2D eigenvalue weighted by molar-refractivity contribution is 7.90. The summed E-state index contributed by atoms with van der Waals surface area (Å²) in [5.74, 6) is 0. The molecule has 4 nitrogen and oxygen atoms in total. The largest absolute Gasteiger partial charge is 0.288 e. The van der Waals surface area contributed by atoms with Gasteiger partial charge in [0.25, 0.3) is 0 Å². The number of nitrogens with zero attached hydrogens (tertiary/aromatic N) is 1. The quantitative estimate of drug-likeness (QED) is 0.510. The number of hydrogen-bond acceptors (Lipinski definition) is 6. The van der Waals surface area contributed by atoms with Crippen LogP contribution in [0.4, 0.5) is 0 Å². The van der Waals surface area contributed by atoms with Crippen molar-refractivity contribution in [2.24, 2.45) is 0 Å². The van der Waals surface area contributed by atoms with Gasteiger partial charge >= 0.3 is 0 Å². The Morgan fingerprint density at radius 1 is 1.00 bits per heavy atom. The topological polar surface area (TPSA) is 64.1 Å². The van der Waals surface area contributed by atoms with Gasteiger partial charge < -0.3 is 0 Å².